The zero-order chi connectivity index (χ0) is 20.1. The number of carboxylic acids is 1. The molecule has 3 rings (SSSR count). The van der Waals surface area contributed by atoms with Crippen molar-refractivity contribution < 1.29 is 19.4 Å². The molecule has 0 spiro atoms. The summed E-state index contributed by atoms with van der Waals surface area (Å²) in [5.41, 5.74) is 0.889. The Morgan fingerprint density at radius 3 is 2.43 bits per heavy atom. The van der Waals surface area contributed by atoms with Crippen LogP contribution < -0.4 is 15.4 Å². The average Bonchev–Trinajstić information content (AvgIpc) is 3.12. The lowest BCUT2D eigenvalue weighted by molar-refractivity contribution is -0.142. The molecular formula is C20H26N4O4. The number of rotatable bonds is 6. The largest absolute Gasteiger partial charge is 0.497 e. The Labute approximate surface area is 163 Å². The molecule has 1 aliphatic rings. The predicted octanol–water partition coefficient (Wildman–Crippen LogP) is 2.46. The van der Waals surface area contributed by atoms with E-state index >= 15 is 0 Å². The molecule has 1 aliphatic carbocycles. The lowest BCUT2D eigenvalue weighted by Crippen LogP contribution is -2.45. The molecule has 0 aliphatic heterocycles. The molecular weight excluding hydrogens is 360 g/mol. The number of carboxylic acid groups (broad SMARTS) is 1. The molecule has 0 saturated heterocycles. The molecule has 2 aromatic rings. The number of hydrogen-bond donors (Lipinski definition) is 3. The van der Waals surface area contributed by atoms with E-state index in [2.05, 4.69) is 15.6 Å². The summed E-state index contributed by atoms with van der Waals surface area (Å²) in [5, 5.41) is 15.1. The van der Waals surface area contributed by atoms with Crippen molar-refractivity contribution in [1.82, 2.24) is 20.2 Å². The van der Waals surface area contributed by atoms with Crippen molar-refractivity contribution in [2.75, 3.05) is 7.11 Å². The quantitative estimate of drug-likeness (QED) is 0.707. The number of nitrogens with zero attached hydrogens (tertiary/aromatic N) is 2. The lowest BCUT2D eigenvalue weighted by atomic mass is 9.86. The molecule has 0 radical (unpaired) electrons. The molecule has 1 atom stereocenters. The van der Waals surface area contributed by atoms with Gasteiger partial charge < -0.3 is 25.0 Å². The maximum absolute atomic E-state index is 12.6. The van der Waals surface area contributed by atoms with Gasteiger partial charge in [0.2, 0.25) is 0 Å². The molecule has 1 saturated carbocycles. The normalized spacial score (nSPS) is 20.2. The van der Waals surface area contributed by atoms with E-state index in [1.54, 1.807) is 13.3 Å². The van der Waals surface area contributed by atoms with E-state index in [0.717, 1.165) is 17.1 Å². The van der Waals surface area contributed by atoms with Gasteiger partial charge in [0.1, 0.15) is 17.6 Å². The van der Waals surface area contributed by atoms with Gasteiger partial charge in [0.05, 0.1) is 13.0 Å². The Morgan fingerprint density at radius 2 is 1.89 bits per heavy atom. The summed E-state index contributed by atoms with van der Waals surface area (Å²) in [7, 11) is 3.49. The maximum atomic E-state index is 12.6. The number of amides is 2. The van der Waals surface area contributed by atoms with Crippen LogP contribution in [0.15, 0.2) is 36.7 Å². The minimum atomic E-state index is -0.753. The van der Waals surface area contributed by atoms with Crippen LogP contribution in [0.2, 0.25) is 0 Å². The molecule has 1 heterocycles. The van der Waals surface area contributed by atoms with Gasteiger partial charge in [-0.05, 0) is 43.4 Å². The summed E-state index contributed by atoms with van der Waals surface area (Å²) < 4.78 is 7.08. The first-order chi connectivity index (χ1) is 13.5. The fourth-order valence-electron chi connectivity index (χ4n) is 3.59. The van der Waals surface area contributed by atoms with Gasteiger partial charge in [0.25, 0.3) is 0 Å². The van der Waals surface area contributed by atoms with E-state index in [4.69, 9.17) is 9.84 Å². The van der Waals surface area contributed by atoms with Crippen LogP contribution in [0.3, 0.4) is 0 Å². The minimum absolute atomic E-state index is 0.0199. The zero-order valence-corrected chi connectivity index (χ0v) is 16.1. The summed E-state index contributed by atoms with van der Waals surface area (Å²) >= 11 is 0. The highest BCUT2D eigenvalue weighted by atomic mass is 16.5. The Hall–Kier alpha value is -3.03. The van der Waals surface area contributed by atoms with Crippen LogP contribution in [0.4, 0.5) is 4.79 Å². The molecule has 1 fully saturated rings. The third-order valence-corrected chi connectivity index (χ3v) is 5.25. The third kappa shape index (κ3) is 4.62. The van der Waals surface area contributed by atoms with Crippen LogP contribution >= 0.6 is 0 Å². The lowest BCUT2D eigenvalue weighted by Gasteiger charge is -2.28. The SMILES string of the molecule is COc1ccc(C(NC(=O)NC2CCC(C(=O)O)CC2)c2nccn2C)cc1. The first-order valence-corrected chi connectivity index (χ1v) is 9.39. The second kappa shape index (κ2) is 8.77. The Kier molecular flexibility index (Phi) is 6.18. The molecule has 1 unspecified atom stereocenters. The summed E-state index contributed by atoms with van der Waals surface area (Å²) in [4.78, 5) is 28.1. The summed E-state index contributed by atoms with van der Waals surface area (Å²) in [6, 6.07) is 6.76. The van der Waals surface area contributed by atoms with Gasteiger partial charge in [-0.3, -0.25) is 4.79 Å². The zero-order valence-electron chi connectivity index (χ0n) is 16.1. The molecule has 8 heteroatoms. The topological polar surface area (TPSA) is 105 Å². The van der Waals surface area contributed by atoms with E-state index in [1.807, 2.05) is 42.1 Å². The van der Waals surface area contributed by atoms with Gasteiger partial charge >= 0.3 is 12.0 Å². The predicted molar refractivity (Wildman–Crippen MR) is 103 cm³/mol. The first-order valence-electron chi connectivity index (χ1n) is 9.39. The van der Waals surface area contributed by atoms with Gasteiger partial charge in [0.15, 0.2) is 0 Å². The van der Waals surface area contributed by atoms with Crippen molar-refractivity contribution in [1.29, 1.82) is 0 Å². The third-order valence-electron chi connectivity index (χ3n) is 5.25. The van der Waals surface area contributed by atoms with Gasteiger partial charge in [-0.25, -0.2) is 9.78 Å². The van der Waals surface area contributed by atoms with Crippen molar-refractivity contribution in [3.63, 3.8) is 0 Å². The fraction of sp³-hybridized carbons (Fsp3) is 0.450. The second-order valence-electron chi connectivity index (χ2n) is 7.11. The van der Waals surface area contributed by atoms with E-state index in [-0.39, 0.29) is 18.0 Å². The summed E-state index contributed by atoms with van der Waals surface area (Å²) in [6.07, 6.45) is 6.03. The van der Waals surface area contributed by atoms with Crippen molar-refractivity contribution in [2.45, 2.75) is 37.8 Å². The van der Waals surface area contributed by atoms with Crippen molar-refractivity contribution >= 4 is 12.0 Å². The molecule has 8 nitrogen and oxygen atoms in total. The highest BCUT2D eigenvalue weighted by Crippen LogP contribution is 2.25. The number of imidazole rings is 1. The number of nitrogens with one attached hydrogen (secondary N) is 2. The Bertz CT molecular complexity index is 810. The van der Waals surface area contributed by atoms with Crippen LogP contribution in [0.5, 0.6) is 5.75 Å². The monoisotopic (exact) mass is 386 g/mol. The molecule has 1 aromatic carbocycles. The number of aryl methyl sites for hydroxylation is 1. The molecule has 0 bridgehead atoms. The first kappa shape index (κ1) is 19.7. The number of hydrogen-bond acceptors (Lipinski definition) is 4. The number of urea groups is 1. The van der Waals surface area contributed by atoms with Crippen LogP contribution in [0.1, 0.15) is 43.1 Å². The number of methoxy groups -OCH3 is 1. The van der Waals surface area contributed by atoms with E-state index in [9.17, 15) is 9.59 Å². The summed E-state index contributed by atoms with van der Waals surface area (Å²) in [6.45, 7) is 0. The van der Waals surface area contributed by atoms with Crippen molar-refractivity contribution in [3.05, 3.63) is 48.0 Å². The number of carbonyl (C=O) groups excluding carboxylic acids is 1. The van der Waals surface area contributed by atoms with Gasteiger partial charge in [-0.2, -0.15) is 0 Å². The summed E-state index contributed by atoms with van der Waals surface area (Å²) in [5.74, 6) is 0.398. The van der Waals surface area contributed by atoms with Gasteiger partial charge in [-0.1, -0.05) is 12.1 Å². The smallest absolute Gasteiger partial charge is 0.315 e. The molecule has 28 heavy (non-hydrogen) atoms. The number of benzene rings is 1. The van der Waals surface area contributed by atoms with E-state index in [1.165, 1.54) is 0 Å². The number of ether oxygens (including phenoxy) is 1. The molecule has 1 aromatic heterocycles. The Balaban J connectivity index is 1.68. The van der Waals surface area contributed by atoms with Crippen LogP contribution in [0.25, 0.3) is 0 Å². The molecule has 3 N–H and O–H groups in total. The number of aliphatic carboxylic acids is 1. The molecule has 2 amide bonds. The molecule has 150 valence electrons. The number of aromatic nitrogens is 2. The van der Waals surface area contributed by atoms with E-state index < -0.39 is 12.0 Å². The Morgan fingerprint density at radius 1 is 1.21 bits per heavy atom. The highest BCUT2D eigenvalue weighted by Gasteiger charge is 2.28. The van der Waals surface area contributed by atoms with Crippen molar-refractivity contribution in [2.24, 2.45) is 13.0 Å². The van der Waals surface area contributed by atoms with Crippen molar-refractivity contribution in [3.8, 4) is 5.75 Å². The second-order valence-corrected chi connectivity index (χ2v) is 7.11. The minimum Gasteiger partial charge on any atom is -0.497 e. The van der Waals surface area contributed by atoms with Crippen LogP contribution in [-0.2, 0) is 11.8 Å². The highest BCUT2D eigenvalue weighted by molar-refractivity contribution is 5.75. The number of carbonyl (C=O) groups is 2. The standard InChI is InChI=1S/C20H26N4O4/c1-24-12-11-21-18(24)17(13-5-9-16(28-2)10-6-13)23-20(27)22-15-7-3-14(4-8-15)19(25)26/h5-6,9-12,14-15,17H,3-4,7-8H2,1-2H3,(H,25,26)(H2,22,23,27). The van der Waals surface area contributed by atoms with Crippen LogP contribution in [0, 0.1) is 5.92 Å². The average molecular weight is 386 g/mol. The van der Waals surface area contributed by atoms with E-state index in [0.29, 0.717) is 25.7 Å². The van der Waals surface area contributed by atoms with Crippen LogP contribution in [-0.4, -0.2) is 39.8 Å². The van der Waals surface area contributed by atoms with Gasteiger partial charge in [-0.15, -0.1) is 0 Å². The van der Waals surface area contributed by atoms with Gasteiger partial charge in [0, 0.05) is 25.5 Å². The maximum Gasteiger partial charge on any atom is 0.315 e. The fourth-order valence-corrected chi connectivity index (χ4v) is 3.59.